The van der Waals surface area contributed by atoms with Gasteiger partial charge >= 0.3 is 5.97 Å². The molecule has 1 heterocycles. The number of rotatable bonds is 3. The zero-order valence-electron chi connectivity index (χ0n) is 9.42. The molecule has 0 saturated heterocycles. The smallest absolute Gasteiger partial charge is 0.337 e. The van der Waals surface area contributed by atoms with Crippen LogP contribution in [0.2, 0.25) is 0 Å². The summed E-state index contributed by atoms with van der Waals surface area (Å²) in [6.07, 6.45) is 3.31. The SMILES string of the molecule is CCn1cc(C(=O)O)c(-c2ccccc2O)c1. The number of aromatic carboxylic acids is 1. The van der Waals surface area contributed by atoms with Crippen molar-refractivity contribution in [2.24, 2.45) is 0 Å². The molecule has 2 aromatic rings. The predicted octanol–water partition coefficient (Wildman–Crippen LogP) is 2.58. The fourth-order valence-electron chi connectivity index (χ4n) is 1.78. The van der Waals surface area contributed by atoms with Crippen LogP contribution in [0.5, 0.6) is 5.75 Å². The van der Waals surface area contributed by atoms with E-state index in [9.17, 15) is 9.90 Å². The van der Waals surface area contributed by atoms with E-state index in [0.29, 0.717) is 17.7 Å². The first kappa shape index (κ1) is 11.3. The molecule has 0 radical (unpaired) electrons. The largest absolute Gasteiger partial charge is 0.507 e. The third kappa shape index (κ3) is 2.01. The van der Waals surface area contributed by atoms with Gasteiger partial charge in [-0.15, -0.1) is 0 Å². The normalized spacial score (nSPS) is 10.4. The number of nitrogens with zero attached hydrogens (tertiary/aromatic N) is 1. The number of carbonyl (C=O) groups is 1. The van der Waals surface area contributed by atoms with Crippen molar-refractivity contribution in [1.82, 2.24) is 4.57 Å². The van der Waals surface area contributed by atoms with E-state index < -0.39 is 5.97 Å². The molecule has 4 heteroatoms. The molecule has 0 aliphatic heterocycles. The average molecular weight is 231 g/mol. The molecule has 2 rings (SSSR count). The zero-order valence-corrected chi connectivity index (χ0v) is 9.42. The monoisotopic (exact) mass is 231 g/mol. The van der Waals surface area contributed by atoms with Gasteiger partial charge in [0.25, 0.3) is 0 Å². The second kappa shape index (κ2) is 4.33. The zero-order chi connectivity index (χ0) is 12.4. The Bertz CT molecular complexity index is 558. The van der Waals surface area contributed by atoms with Crippen LogP contribution in [0.3, 0.4) is 0 Å². The number of benzene rings is 1. The highest BCUT2D eigenvalue weighted by atomic mass is 16.4. The van der Waals surface area contributed by atoms with Gasteiger partial charge in [-0.1, -0.05) is 18.2 Å². The van der Waals surface area contributed by atoms with Crippen LogP contribution in [0.1, 0.15) is 17.3 Å². The maximum Gasteiger partial charge on any atom is 0.337 e. The summed E-state index contributed by atoms with van der Waals surface area (Å²) in [5.41, 5.74) is 1.28. The van der Waals surface area contributed by atoms with Crippen LogP contribution < -0.4 is 0 Å². The lowest BCUT2D eigenvalue weighted by molar-refractivity contribution is 0.0697. The molecule has 0 spiro atoms. The Balaban J connectivity index is 2.62. The van der Waals surface area contributed by atoms with Gasteiger partial charge in [-0.3, -0.25) is 0 Å². The molecule has 0 bridgehead atoms. The van der Waals surface area contributed by atoms with Crippen LogP contribution in [0.4, 0.5) is 0 Å². The first-order valence-electron chi connectivity index (χ1n) is 5.35. The Morgan fingerprint density at radius 1 is 1.24 bits per heavy atom. The second-order valence-electron chi connectivity index (χ2n) is 3.74. The van der Waals surface area contributed by atoms with Crippen molar-refractivity contribution in [2.75, 3.05) is 0 Å². The summed E-state index contributed by atoms with van der Waals surface area (Å²) < 4.78 is 1.78. The van der Waals surface area contributed by atoms with Gasteiger partial charge in [-0.25, -0.2) is 4.79 Å². The standard InChI is InChI=1S/C13H13NO3/c1-2-14-7-10(11(8-14)13(16)17)9-5-3-4-6-12(9)15/h3-8,15H,2H2,1H3,(H,16,17). The highest BCUT2D eigenvalue weighted by Gasteiger charge is 2.16. The lowest BCUT2D eigenvalue weighted by atomic mass is 10.0. The number of carboxylic acid groups (broad SMARTS) is 1. The number of para-hydroxylation sites is 1. The van der Waals surface area contributed by atoms with Crippen LogP contribution in [-0.4, -0.2) is 20.7 Å². The van der Waals surface area contributed by atoms with Crippen LogP contribution in [-0.2, 0) is 6.54 Å². The van der Waals surface area contributed by atoms with Gasteiger partial charge < -0.3 is 14.8 Å². The number of aryl methyl sites for hydroxylation is 1. The van der Waals surface area contributed by atoms with Crippen molar-refractivity contribution in [3.63, 3.8) is 0 Å². The Hall–Kier alpha value is -2.23. The summed E-state index contributed by atoms with van der Waals surface area (Å²) in [6, 6.07) is 6.72. The first-order chi connectivity index (χ1) is 8.13. The molecule has 0 saturated carbocycles. The molecule has 0 aliphatic rings. The van der Waals surface area contributed by atoms with E-state index in [0.717, 1.165) is 0 Å². The highest BCUT2D eigenvalue weighted by Crippen LogP contribution is 2.32. The molecule has 17 heavy (non-hydrogen) atoms. The number of hydrogen-bond donors (Lipinski definition) is 2. The molecular formula is C13H13NO3. The second-order valence-corrected chi connectivity index (χ2v) is 3.74. The van der Waals surface area contributed by atoms with Gasteiger partial charge in [-0.05, 0) is 13.0 Å². The lowest BCUT2D eigenvalue weighted by Gasteiger charge is -2.03. The predicted molar refractivity (Wildman–Crippen MR) is 64.2 cm³/mol. The molecule has 0 aliphatic carbocycles. The van der Waals surface area contributed by atoms with Gasteiger partial charge in [-0.2, -0.15) is 0 Å². The maximum atomic E-state index is 11.1. The van der Waals surface area contributed by atoms with Gasteiger partial charge in [0.15, 0.2) is 0 Å². The van der Waals surface area contributed by atoms with Crippen molar-refractivity contribution in [3.05, 3.63) is 42.2 Å². The third-order valence-corrected chi connectivity index (χ3v) is 2.67. The molecule has 1 aromatic carbocycles. The van der Waals surface area contributed by atoms with Crippen molar-refractivity contribution in [2.45, 2.75) is 13.5 Å². The number of aromatic nitrogens is 1. The summed E-state index contributed by atoms with van der Waals surface area (Å²) in [4.78, 5) is 11.1. The number of phenols is 1. The summed E-state index contributed by atoms with van der Waals surface area (Å²) in [6.45, 7) is 2.62. The van der Waals surface area contributed by atoms with Crippen molar-refractivity contribution < 1.29 is 15.0 Å². The average Bonchev–Trinajstić information content (AvgIpc) is 2.73. The van der Waals surface area contributed by atoms with E-state index in [1.807, 2.05) is 6.92 Å². The van der Waals surface area contributed by atoms with Crippen LogP contribution in [0, 0.1) is 0 Å². The quantitative estimate of drug-likeness (QED) is 0.853. The Morgan fingerprint density at radius 3 is 2.53 bits per heavy atom. The minimum absolute atomic E-state index is 0.0869. The van der Waals surface area contributed by atoms with Crippen LogP contribution >= 0.6 is 0 Å². The molecule has 88 valence electrons. The Labute approximate surface area is 98.8 Å². The number of carboxylic acids is 1. The minimum atomic E-state index is -0.990. The first-order valence-corrected chi connectivity index (χ1v) is 5.35. The van der Waals surface area contributed by atoms with Gasteiger partial charge in [0.1, 0.15) is 5.75 Å². The fourth-order valence-corrected chi connectivity index (χ4v) is 1.78. The summed E-state index contributed by atoms with van der Waals surface area (Å²) >= 11 is 0. The topological polar surface area (TPSA) is 62.5 Å². The Kier molecular flexibility index (Phi) is 2.87. The lowest BCUT2D eigenvalue weighted by Crippen LogP contribution is -1.96. The minimum Gasteiger partial charge on any atom is -0.507 e. The van der Waals surface area contributed by atoms with E-state index in [2.05, 4.69) is 0 Å². The number of hydrogen-bond acceptors (Lipinski definition) is 2. The molecule has 1 aromatic heterocycles. The Morgan fingerprint density at radius 2 is 1.94 bits per heavy atom. The summed E-state index contributed by atoms with van der Waals surface area (Å²) in [5.74, 6) is -0.903. The van der Waals surface area contributed by atoms with Crippen molar-refractivity contribution in [3.8, 4) is 16.9 Å². The summed E-state index contributed by atoms with van der Waals surface area (Å²) in [5, 5.41) is 18.9. The van der Waals surface area contributed by atoms with E-state index in [-0.39, 0.29) is 11.3 Å². The van der Waals surface area contributed by atoms with Crippen molar-refractivity contribution >= 4 is 5.97 Å². The van der Waals surface area contributed by atoms with E-state index >= 15 is 0 Å². The van der Waals surface area contributed by atoms with E-state index in [1.165, 1.54) is 0 Å². The number of aromatic hydroxyl groups is 1. The molecule has 0 fully saturated rings. The summed E-state index contributed by atoms with van der Waals surface area (Å²) in [7, 11) is 0. The molecular weight excluding hydrogens is 218 g/mol. The molecule has 0 amide bonds. The maximum absolute atomic E-state index is 11.1. The number of phenolic OH excluding ortho intramolecular Hbond substituents is 1. The molecule has 0 unspecified atom stereocenters. The fraction of sp³-hybridized carbons (Fsp3) is 0.154. The third-order valence-electron chi connectivity index (χ3n) is 2.67. The van der Waals surface area contributed by atoms with Crippen LogP contribution in [0.15, 0.2) is 36.7 Å². The molecule has 2 N–H and O–H groups in total. The van der Waals surface area contributed by atoms with E-state index in [1.54, 1.807) is 41.2 Å². The molecule has 0 atom stereocenters. The highest BCUT2D eigenvalue weighted by molar-refractivity contribution is 5.96. The van der Waals surface area contributed by atoms with Crippen molar-refractivity contribution in [1.29, 1.82) is 0 Å². The van der Waals surface area contributed by atoms with Gasteiger partial charge in [0.05, 0.1) is 5.56 Å². The van der Waals surface area contributed by atoms with Gasteiger partial charge in [0, 0.05) is 30.1 Å². The van der Waals surface area contributed by atoms with Crippen LogP contribution in [0.25, 0.3) is 11.1 Å². The van der Waals surface area contributed by atoms with Gasteiger partial charge in [0.2, 0.25) is 0 Å². The van der Waals surface area contributed by atoms with E-state index in [4.69, 9.17) is 5.11 Å². The molecule has 4 nitrogen and oxygen atoms in total.